The van der Waals surface area contributed by atoms with Crippen LogP contribution in [0.5, 0.6) is 5.75 Å². The molecule has 9 heteroatoms. The molecule has 0 heterocycles. The lowest BCUT2D eigenvalue weighted by atomic mass is 10.3. The van der Waals surface area contributed by atoms with Crippen molar-refractivity contribution in [3.8, 4) is 5.75 Å². The van der Waals surface area contributed by atoms with Gasteiger partial charge in [0.25, 0.3) is 10.0 Å². The lowest BCUT2D eigenvalue weighted by Crippen LogP contribution is -2.15. The molecule has 2 aromatic rings. The van der Waals surface area contributed by atoms with Crippen molar-refractivity contribution in [3.63, 3.8) is 0 Å². The van der Waals surface area contributed by atoms with E-state index in [0.29, 0.717) is 0 Å². The van der Waals surface area contributed by atoms with Gasteiger partial charge in [-0.25, -0.2) is 8.42 Å². The molecule has 0 unspecified atom stereocenters. The monoisotopic (exact) mass is 367 g/mol. The first-order valence-electron chi connectivity index (χ1n) is 5.82. The van der Waals surface area contributed by atoms with Crippen molar-refractivity contribution < 1.29 is 21.9 Å². The van der Waals surface area contributed by atoms with Crippen LogP contribution in [-0.4, -0.2) is 15.0 Å². The summed E-state index contributed by atoms with van der Waals surface area (Å²) in [5, 5.41) is -0.106. The molecule has 0 saturated carbocycles. The largest absolute Gasteiger partial charge is 0.433 e. The van der Waals surface area contributed by atoms with E-state index in [-0.39, 0.29) is 26.4 Å². The van der Waals surface area contributed by atoms with Crippen LogP contribution in [0.25, 0.3) is 0 Å². The lowest BCUT2D eigenvalue weighted by molar-refractivity contribution is -0.0493. The van der Waals surface area contributed by atoms with Crippen molar-refractivity contribution in [2.24, 2.45) is 0 Å². The third-order valence-electron chi connectivity index (χ3n) is 2.55. The second-order valence-electron chi connectivity index (χ2n) is 4.03. The molecule has 0 amide bonds. The van der Waals surface area contributed by atoms with E-state index < -0.39 is 16.6 Å². The molecule has 22 heavy (non-hydrogen) atoms. The average Bonchev–Trinajstić information content (AvgIpc) is 2.43. The smallest absolute Gasteiger partial charge is 0.387 e. The average molecular weight is 368 g/mol. The van der Waals surface area contributed by atoms with E-state index >= 15 is 0 Å². The molecule has 0 atom stereocenters. The van der Waals surface area contributed by atoms with Crippen molar-refractivity contribution in [2.45, 2.75) is 11.5 Å². The number of nitrogens with one attached hydrogen (secondary N) is 1. The van der Waals surface area contributed by atoms with Gasteiger partial charge in [0.2, 0.25) is 0 Å². The predicted octanol–water partition coefficient (Wildman–Crippen LogP) is 4.40. The summed E-state index contributed by atoms with van der Waals surface area (Å²) < 4.78 is 55.7. The summed E-state index contributed by atoms with van der Waals surface area (Å²) in [5.74, 6) is -0.306. The molecule has 0 aliphatic rings. The van der Waals surface area contributed by atoms with Crippen LogP contribution in [0.4, 0.5) is 14.5 Å². The molecular formula is C13H9Cl2F2NO3S. The van der Waals surface area contributed by atoms with Crippen LogP contribution in [0.3, 0.4) is 0 Å². The highest BCUT2D eigenvalue weighted by Crippen LogP contribution is 2.32. The van der Waals surface area contributed by atoms with E-state index in [9.17, 15) is 17.2 Å². The van der Waals surface area contributed by atoms with Gasteiger partial charge in [0, 0.05) is 0 Å². The highest BCUT2D eigenvalue weighted by Gasteiger charge is 2.21. The van der Waals surface area contributed by atoms with E-state index in [2.05, 4.69) is 9.46 Å². The molecule has 4 nitrogen and oxygen atoms in total. The molecule has 0 radical (unpaired) electrons. The first kappa shape index (κ1) is 16.8. The van der Waals surface area contributed by atoms with E-state index in [1.807, 2.05) is 0 Å². The van der Waals surface area contributed by atoms with E-state index in [4.69, 9.17) is 23.2 Å². The Labute approximate surface area is 135 Å². The van der Waals surface area contributed by atoms with Gasteiger partial charge in [0.05, 0.1) is 15.7 Å². The topological polar surface area (TPSA) is 55.4 Å². The van der Waals surface area contributed by atoms with Gasteiger partial charge in [-0.15, -0.1) is 0 Å². The zero-order valence-electron chi connectivity index (χ0n) is 10.8. The van der Waals surface area contributed by atoms with E-state index in [1.165, 1.54) is 42.5 Å². The summed E-state index contributed by atoms with van der Waals surface area (Å²) in [6.07, 6.45) is 0. The molecule has 1 N–H and O–H groups in total. The highest BCUT2D eigenvalue weighted by molar-refractivity contribution is 7.92. The summed E-state index contributed by atoms with van der Waals surface area (Å²) in [7, 11) is -4.12. The molecule has 2 aromatic carbocycles. The minimum atomic E-state index is -4.12. The molecular weight excluding hydrogens is 359 g/mol. The van der Waals surface area contributed by atoms with Crippen LogP contribution in [-0.2, 0) is 10.0 Å². The Morgan fingerprint density at radius 3 is 2.41 bits per heavy atom. The molecule has 0 spiro atoms. The van der Waals surface area contributed by atoms with Crippen LogP contribution < -0.4 is 9.46 Å². The number of hydrogen-bond donors (Lipinski definition) is 1. The molecule has 0 aromatic heterocycles. The highest BCUT2D eigenvalue weighted by atomic mass is 35.5. The fourth-order valence-electron chi connectivity index (χ4n) is 1.64. The quantitative estimate of drug-likeness (QED) is 0.852. The number of sulfonamides is 1. The Morgan fingerprint density at radius 2 is 1.73 bits per heavy atom. The van der Waals surface area contributed by atoms with Crippen molar-refractivity contribution >= 4 is 38.9 Å². The van der Waals surface area contributed by atoms with Gasteiger partial charge >= 0.3 is 6.61 Å². The first-order chi connectivity index (χ1) is 10.3. The van der Waals surface area contributed by atoms with Gasteiger partial charge < -0.3 is 4.74 Å². The number of hydrogen-bond acceptors (Lipinski definition) is 3. The lowest BCUT2D eigenvalue weighted by Gasteiger charge is -2.14. The van der Waals surface area contributed by atoms with Gasteiger partial charge in [-0.2, -0.15) is 8.78 Å². The minimum Gasteiger partial charge on any atom is -0.433 e. The number of rotatable bonds is 5. The fraction of sp³-hybridized carbons (Fsp3) is 0.0769. The van der Waals surface area contributed by atoms with Gasteiger partial charge in [-0.1, -0.05) is 41.4 Å². The van der Waals surface area contributed by atoms with Gasteiger partial charge in [0.15, 0.2) is 0 Å². The van der Waals surface area contributed by atoms with Gasteiger partial charge in [-0.3, -0.25) is 4.72 Å². The van der Waals surface area contributed by atoms with E-state index in [1.54, 1.807) is 0 Å². The zero-order chi connectivity index (χ0) is 16.3. The fourth-order valence-corrected chi connectivity index (χ4v) is 3.47. The van der Waals surface area contributed by atoms with Gasteiger partial charge in [-0.05, 0) is 24.3 Å². The second kappa shape index (κ2) is 6.68. The molecule has 0 aliphatic carbocycles. The number of halogens is 4. The van der Waals surface area contributed by atoms with E-state index in [0.717, 1.165) is 0 Å². The summed E-state index contributed by atoms with van der Waals surface area (Å²) in [4.78, 5) is -0.270. The summed E-state index contributed by atoms with van der Waals surface area (Å²) in [6, 6.07) is 9.48. The van der Waals surface area contributed by atoms with Crippen LogP contribution in [0.1, 0.15) is 0 Å². The molecule has 0 aliphatic heterocycles. The summed E-state index contributed by atoms with van der Waals surface area (Å²) in [5.41, 5.74) is -0.140. The zero-order valence-corrected chi connectivity index (χ0v) is 13.1. The molecule has 0 bridgehead atoms. The maximum absolute atomic E-state index is 12.3. The maximum Gasteiger partial charge on any atom is 0.387 e. The molecule has 0 fully saturated rings. The normalized spacial score (nSPS) is 11.5. The Bertz CT molecular complexity index is 785. The van der Waals surface area contributed by atoms with Crippen LogP contribution in [0.15, 0.2) is 47.4 Å². The second-order valence-corrected chi connectivity index (χ2v) is 6.47. The minimum absolute atomic E-state index is 0.0571. The summed E-state index contributed by atoms with van der Waals surface area (Å²) >= 11 is 11.6. The molecule has 0 saturated heterocycles. The number of alkyl halides is 2. The van der Waals surface area contributed by atoms with Gasteiger partial charge in [0.1, 0.15) is 10.6 Å². The number of ether oxygens (including phenoxy) is 1. The third-order valence-corrected chi connectivity index (χ3v) is 4.89. The number of anilines is 1. The number of benzene rings is 2. The van der Waals surface area contributed by atoms with Crippen LogP contribution in [0.2, 0.25) is 10.0 Å². The molecule has 2 rings (SSSR count). The predicted molar refractivity (Wildman–Crippen MR) is 80.3 cm³/mol. The van der Waals surface area contributed by atoms with Crippen molar-refractivity contribution in [1.29, 1.82) is 0 Å². The van der Waals surface area contributed by atoms with Crippen LogP contribution >= 0.6 is 23.2 Å². The first-order valence-corrected chi connectivity index (χ1v) is 8.06. The summed E-state index contributed by atoms with van der Waals surface area (Å²) in [6.45, 7) is -3.08. The van der Waals surface area contributed by atoms with Crippen molar-refractivity contribution in [1.82, 2.24) is 0 Å². The van der Waals surface area contributed by atoms with Crippen LogP contribution in [0, 0.1) is 0 Å². The third kappa shape index (κ3) is 3.79. The maximum atomic E-state index is 12.3. The standard InChI is InChI=1S/C13H9Cl2F2NO3S/c14-8-4-3-7-11(12(8)15)22(19,20)18-9-5-1-2-6-10(9)21-13(16)17/h1-7,13,18H. The Hall–Kier alpha value is -1.57. The van der Waals surface area contributed by atoms with Crippen molar-refractivity contribution in [2.75, 3.05) is 4.72 Å². The SMILES string of the molecule is O=S(=O)(Nc1ccccc1OC(F)F)c1cccc(Cl)c1Cl. The Kier molecular flexibility index (Phi) is 5.10. The number of para-hydroxylation sites is 2. The Balaban J connectivity index is 2.40. The molecule has 118 valence electrons. The van der Waals surface area contributed by atoms with Crippen molar-refractivity contribution in [3.05, 3.63) is 52.5 Å². The Morgan fingerprint density at radius 1 is 1.05 bits per heavy atom.